The number of nitrogens with two attached hydrogens (primary N) is 1. The van der Waals surface area contributed by atoms with E-state index in [1.807, 2.05) is 60.7 Å². The zero-order valence-corrected chi connectivity index (χ0v) is 14.1. The van der Waals surface area contributed by atoms with Crippen LogP contribution in [-0.4, -0.2) is 31.3 Å². The summed E-state index contributed by atoms with van der Waals surface area (Å²) in [4.78, 5) is 23.8. The van der Waals surface area contributed by atoms with E-state index < -0.39 is 24.1 Å². The van der Waals surface area contributed by atoms with Gasteiger partial charge in [0.1, 0.15) is 12.6 Å². The van der Waals surface area contributed by atoms with Gasteiger partial charge in [-0.25, -0.2) is 4.79 Å². The molecule has 0 fully saturated rings. The Balaban J connectivity index is 1.96. The summed E-state index contributed by atoms with van der Waals surface area (Å²) >= 11 is 0. The number of benzene rings is 2. The number of methoxy groups -OCH3 is 1. The minimum Gasteiger partial charge on any atom is -0.445 e. The van der Waals surface area contributed by atoms with Crippen LogP contribution >= 0.6 is 0 Å². The predicted molar refractivity (Wildman–Crippen MR) is 93.7 cm³/mol. The molecule has 0 aliphatic carbocycles. The summed E-state index contributed by atoms with van der Waals surface area (Å²) in [6.45, 7) is 0.106. The summed E-state index contributed by atoms with van der Waals surface area (Å²) in [5.41, 5.74) is 7.25. The van der Waals surface area contributed by atoms with E-state index in [1.165, 1.54) is 7.11 Å². The summed E-state index contributed by atoms with van der Waals surface area (Å²) in [6, 6.07) is 17.8. The summed E-state index contributed by atoms with van der Waals surface area (Å²) < 4.78 is 10.5. The second-order valence-corrected chi connectivity index (χ2v) is 5.55. The van der Waals surface area contributed by atoms with Gasteiger partial charge in [-0.15, -0.1) is 0 Å². The first-order valence-electron chi connectivity index (χ1n) is 7.93. The van der Waals surface area contributed by atoms with Gasteiger partial charge in [-0.1, -0.05) is 60.7 Å². The van der Waals surface area contributed by atoms with Crippen LogP contribution in [0.15, 0.2) is 60.7 Å². The van der Waals surface area contributed by atoms with Gasteiger partial charge in [-0.05, 0) is 11.1 Å². The lowest BCUT2D eigenvalue weighted by Gasteiger charge is -2.24. The van der Waals surface area contributed by atoms with Crippen molar-refractivity contribution in [3.8, 4) is 0 Å². The standard InChI is InChI=1S/C19H22N2O4/c1-24-16(12-14-8-4-2-5-9-14)17(18(20)22)21-19(23)25-13-15-10-6-3-7-11-15/h2-11,16-17H,12-13H2,1H3,(H2,20,22)(H,21,23). The van der Waals surface area contributed by atoms with E-state index in [2.05, 4.69) is 5.32 Å². The summed E-state index contributed by atoms with van der Waals surface area (Å²) in [5.74, 6) is -0.681. The molecule has 6 heteroatoms. The molecule has 132 valence electrons. The van der Waals surface area contributed by atoms with Crippen molar-refractivity contribution in [2.45, 2.75) is 25.2 Å². The molecule has 0 aliphatic rings. The van der Waals surface area contributed by atoms with Crippen molar-refractivity contribution >= 4 is 12.0 Å². The molecule has 2 rings (SSSR count). The smallest absolute Gasteiger partial charge is 0.408 e. The Kier molecular flexibility index (Phi) is 6.98. The molecular formula is C19H22N2O4. The van der Waals surface area contributed by atoms with Gasteiger partial charge in [0.25, 0.3) is 0 Å². The molecule has 2 atom stereocenters. The number of primary amides is 1. The van der Waals surface area contributed by atoms with E-state index >= 15 is 0 Å². The molecule has 0 radical (unpaired) electrons. The third-order valence-corrected chi connectivity index (χ3v) is 3.75. The number of hydrogen-bond acceptors (Lipinski definition) is 4. The fraction of sp³-hybridized carbons (Fsp3) is 0.263. The van der Waals surface area contributed by atoms with Gasteiger partial charge in [-0.3, -0.25) is 4.79 Å². The molecular weight excluding hydrogens is 320 g/mol. The highest BCUT2D eigenvalue weighted by Gasteiger charge is 2.29. The maximum atomic E-state index is 12.0. The topological polar surface area (TPSA) is 90.7 Å². The molecule has 0 heterocycles. The highest BCUT2D eigenvalue weighted by molar-refractivity contribution is 5.84. The first-order valence-corrected chi connectivity index (χ1v) is 7.93. The number of nitrogens with one attached hydrogen (secondary N) is 1. The summed E-state index contributed by atoms with van der Waals surface area (Å²) in [5, 5.41) is 2.50. The normalized spacial score (nSPS) is 12.8. The van der Waals surface area contributed by atoms with E-state index in [4.69, 9.17) is 15.2 Å². The van der Waals surface area contributed by atoms with Crippen LogP contribution in [0.25, 0.3) is 0 Å². The Morgan fingerprint density at radius 3 is 2.08 bits per heavy atom. The van der Waals surface area contributed by atoms with Gasteiger partial charge < -0.3 is 20.5 Å². The van der Waals surface area contributed by atoms with Crippen LogP contribution in [0.2, 0.25) is 0 Å². The van der Waals surface area contributed by atoms with Crippen LogP contribution in [0, 0.1) is 0 Å². The molecule has 2 unspecified atom stereocenters. The Hall–Kier alpha value is -2.86. The van der Waals surface area contributed by atoms with Crippen LogP contribution in [-0.2, 0) is 27.3 Å². The second-order valence-electron chi connectivity index (χ2n) is 5.55. The van der Waals surface area contributed by atoms with Crippen molar-refractivity contribution in [3.63, 3.8) is 0 Å². The highest BCUT2D eigenvalue weighted by atomic mass is 16.5. The van der Waals surface area contributed by atoms with E-state index in [0.29, 0.717) is 6.42 Å². The van der Waals surface area contributed by atoms with Crippen molar-refractivity contribution in [2.75, 3.05) is 7.11 Å². The van der Waals surface area contributed by atoms with Gasteiger partial charge in [0, 0.05) is 13.5 Å². The average molecular weight is 342 g/mol. The van der Waals surface area contributed by atoms with E-state index in [-0.39, 0.29) is 6.61 Å². The maximum Gasteiger partial charge on any atom is 0.408 e. The Morgan fingerprint density at radius 2 is 1.56 bits per heavy atom. The van der Waals surface area contributed by atoms with Gasteiger partial charge in [0.15, 0.2) is 0 Å². The molecule has 25 heavy (non-hydrogen) atoms. The zero-order chi connectivity index (χ0) is 18.1. The number of ether oxygens (including phenoxy) is 2. The number of amides is 2. The monoisotopic (exact) mass is 342 g/mol. The van der Waals surface area contributed by atoms with Gasteiger partial charge in [-0.2, -0.15) is 0 Å². The second kappa shape index (κ2) is 9.44. The van der Waals surface area contributed by atoms with Crippen LogP contribution in [0.3, 0.4) is 0 Å². The maximum absolute atomic E-state index is 12.0. The van der Waals surface area contributed by atoms with Crippen molar-refractivity contribution in [2.24, 2.45) is 5.73 Å². The number of hydrogen-bond donors (Lipinski definition) is 2. The third kappa shape index (κ3) is 5.93. The SMILES string of the molecule is COC(Cc1ccccc1)C(NC(=O)OCc1ccccc1)C(N)=O. The van der Waals surface area contributed by atoms with Crippen LogP contribution in [0.5, 0.6) is 0 Å². The lowest BCUT2D eigenvalue weighted by atomic mass is 10.0. The van der Waals surface area contributed by atoms with Gasteiger partial charge >= 0.3 is 6.09 Å². The molecule has 6 nitrogen and oxygen atoms in total. The molecule has 0 bridgehead atoms. The van der Waals surface area contributed by atoms with Crippen molar-refractivity contribution < 1.29 is 19.1 Å². The number of carbonyl (C=O) groups excluding carboxylic acids is 2. The van der Waals surface area contributed by atoms with E-state index in [9.17, 15) is 9.59 Å². The van der Waals surface area contributed by atoms with Gasteiger partial charge in [0.05, 0.1) is 6.10 Å². The minimum atomic E-state index is -0.992. The molecule has 0 aliphatic heterocycles. The first-order chi connectivity index (χ1) is 12.1. The molecule has 0 saturated carbocycles. The molecule has 2 aromatic carbocycles. The van der Waals surface area contributed by atoms with Crippen LogP contribution in [0.4, 0.5) is 4.79 Å². The lowest BCUT2D eigenvalue weighted by molar-refractivity contribution is -0.123. The molecule has 0 spiro atoms. The average Bonchev–Trinajstić information content (AvgIpc) is 2.64. The Bertz CT molecular complexity index is 676. The van der Waals surface area contributed by atoms with Crippen LogP contribution in [0.1, 0.15) is 11.1 Å². The largest absolute Gasteiger partial charge is 0.445 e. The highest BCUT2D eigenvalue weighted by Crippen LogP contribution is 2.10. The molecule has 2 aromatic rings. The minimum absolute atomic E-state index is 0.106. The van der Waals surface area contributed by atoms with Crippen molar-refractivity contribution in [3.05, 3.63) is 71.8 Å². The number of carbonyl (C=O) groups is 2. The molecule has 0 saturated heterocycles. The van der Waals surface area contributed by atoms with E-state index in [1.54, 1.807) is 0 Å². The van der Waals surface area contributed by atoms with Crippen molar-refractivity contribution in [1.29, 1.82) is 0 Å². The van der Waals surface area contributed by atoms with Crippen molar-refractivity contribution in [1.82, 2.24) is 5.32 Å². The Morgan fingerprint density at radius 1 is 1.00 bits per heavy atom. The fourth-order valence-electron chi connectivity index (χ4n) is 2.42. The Labute approximate surface area is 146 Å². The van der Waals surface area contributed by atoms with Crippen LogP contribution < -0.4 is 11.1 Å². The number of rotatable bonds is 8. The lowest BCUT2D eigenvalue weighted by Crippen LogP contribution is -2.53. The predicted octanol–water partition coefficient (Wildman–Crippen LogP) is 2.02. The van der Waals surface area contributed by atoms with E-state index in [0.717, 1.165) is 11.1 Å². The summed E-state index contributed by atoms with van der Waals surface area (Å²) in [7, 11) is 1.47. The third-order valence-electron chi connectivity index (χ3n) is 3.75. The first kappa shape index (κ1) is 18.5. The fourth-order valence-corrected chi connectivity index (χ4v) is 2.42. The quantitative estimate of drug-likeness (QED) is 0.768. The van der Waals surface area contributed by atoms with Gasteiger partial charge in [0.2, 0.25) is 5.91 Å². The molecule has 3 N–H and O–H groups in total. The zero-order valence-electron chi connectivity index (χ0n) is 14.1. The molecule has 0 aromatic heterocycles. The molecule has 2 amide bonds. The summed E-state index contributed by atoms with van der Waals surface area (Å²) in [6.07, 6.45) is -0.879. The number of alkyl carbamates (subject to hydrolysis) is 1.